The summed E-state index contributed by atoms with van der Waals surface area (Å²) < 4.78 is 28.6. The van der Waals surface area contributed by atoms with E-state index in [-0.39, 0.29) is 5.75 Å². The third-order valence-corrected chi connectivity index (χ3v) is 5.06. The third kappa shape index (κ3) is 4.21. The van der Waals surface area contributed by atoms with Crippen molar-refractivity contribution in [3.05, 3.63) is 11.9 Å². The summed E-state index contributed by atoms with van der Waals surface area (Å²) in [5.74, 6) is 0.711. The summed E-state index contributed by atoms with van der Waals surface area (Å²) in [6.07, 6.45) is 5.32. The lowest BCUT2D eigenvalue weighted by Gasteiger charge is -2.22. The number of aryl methyl sites for hydroxylation is 2. The molecule has 7 heteroatoms. The zero-order chi connectivity index (χ0) is 14.6. The van der Waals surface area contributed by atoms with Gasteiger partial charge in [0.25, 0.3) is 0 Å². The molecule has 2 rings (SSSR count). The molecular weight excluding hydrogens is 276 g/mol. The Hall–Kier alpha value is -1.08. The van der Waals surface area contributed by atoms with E-state index in [9.17, 15) is 8.42 Å². The Morgan fingerprint density at radius 3 is 2.80 bits per heavy atom. The van der Waals surface area contributed by atoms with Crippen molar-refractivity contribution in [2.75, 3.05) is 23.6 Å². The van der Waals surface area contributed by atoms with E-state index >= 15 is 0 Å². The van der Waals surface area contributed by atoms with Crippen LogP contribution in [0.2, 0.25) is 0 Å². The van der Waals surface area contributed by atoms with E-state index in [2.05, 4.69) is 15.1 Å². The maximum atomic E-state index is 12.2. The first kappa shape index (κ1) is 15.3. The number of nitrogens with zero attached hydrogens (tertiary/aromatic N) is 2. The fourth-order valence-electron chi connectivity index (χ4n) is 2.59. The average molecular weight is 300 g/mol. The number of rotatable bonds is 6. The predicted molar refractivity (Wildman–Crippen MR) is 80.2 cm³/mol. The molecule has 1 aromatic heterocycles. The Kier molecular flexibility index (Phi) is 5.04. The summed E-state index contributed by atoms with van der Waals surface area (Å²) in [4.78, 5) is 0. The molecule has 0 amide bonds. The molecule has 1 aromatic rings. The van der Waals surface area contributed by atoms with Gasteiger partial charge >= 0.3 is 0 Å². The van der Waals surface area contributed by atoms with Crippen LogP contribution in [0.4, 0.5) is 5.69 Å². The maximum Gasteiger partial charge on any atom is 0.232 e. The molecule has 2 N–H and O–H groups in total. The molecule has 6 nitrogen and oxygen atoms in total. The van der Waals surface area contributed by atoms with Gasteiger partial charge in [0.05, 0.1) is 17.1 Å². The molecule has 0 radical (unpaired) electrons. The number of anilines is 1. The van der Waals surface area contributed by atoms with Crippen molar-refractivity contribution in [3.63, 3.8) is 0 Å². The van der Waals surface area contributed by atoms with Gasteiger partial charge in [-0.05, 0) is 44.7 Å². The molecule has 1 aliphatic heterocycles. The molecule has 0 unspecified atom stereocenters. The second-order valence-electron chi connectivity index (χ2n) is 5.42. The van der Waals surface area contributed by atoms with Gasteiger partial charge in [-0.25, -0.2) is 8.42 Å². The van der Waals surface area contributed by atoms with E-state index in [1.165, 1.54) is 0 Å². The summed E-state index contributed by atoms with van der Waals surface area (Å²) in [6.45, 7) is 3.97. The minimum atomic E-state index is -3.28. The SMILES string of the molecule is CCc1nn(C)cc1NS(=O)(=O)CCC1CCNCC1. The van der Waals surface area contributed by atoms with Crippen LogP contribution in [0.1, 0.15) is 31.9 Å². The first-order valence-corrected chi connectivity index (χ1v) is 8.89. The second-order valence-corrected chi connectivity index (χ2v) is 7.26. The lowest BCUT2D eigenvalue weighted by atomic mass is 9.96. The van der Waals surface area contributed by atoms with Gasteiger partial charge < -0.3 is 5.32 Å². The summed E-state index contributed by atoms with van der Waals surface area (Å²) in [5, 5.41) is 7.54. The largest absolute Gasteiger partial charge is 0.317 e. The summed E-state index contributed by atoms with van der Waals surface area (Å²) in [7, 11) is -1.48. The second kappa shape index (κ2) is 6.58. The molecule has 1 saturated heterocycles. The minimum Gasteiger partial charge on any atom is -0.317 e. The monoisotopic (exact) mass is 300 g/mol. The van der Waals surface area contributed by atoms with E-state index in [0.717, 1.165) is 38.0 Å². The standard InChI is InChI=1S/C13H24N4O2S/c1-3-12-13(10-17(2)15-12)16-20(18,19)9-6-11-4-7-14-8-5-11/h10-11,14,16H,3-9H2,1-2H3. The maximum absolute atomic E-state index is 12.2. The molecule has 0 atom stereocenters. The quantitative estimate of drug-likeness (QED) is 0.825. The molecular formula is C13H24N4O2S. The molecule has 1 fully saturated rings. The first-order valence-electron chi connectivity index (χ1n) is 7.24. The number of hydrogen-bond acceptors (Lipinski definition) is 4. The highest BCUT2D eigenvalue weighted by molar-refractivity contribution is 7.92. The Bertz CT molecular complexity index is 533. The van der Waals surface area contributed by atoms with Crippen LogP contribution in [0.3, 0.4) is 0 Å². The van der Waals surface area contributed by atoms with E-state index < -0.39 is 10.0 Å². The molecule has 0 saturated carbocycles. The van der Waals surface area contributed by atoms with Gasteiger partial charge in [0, 0.05) is 13.2 Å². The Morgan fingerprint density at radius 1 is 1.45 bits per heavy atom. The van der Waals surface area contributed by atoms with Crippen molar-refractivity contribution in [3.8, 4) is 0 Å². The van der Waals surface area contributed by atoms with Crippen molar-refractivity contribution in [2.45, 2.75) is 32.6 Å². The molecule has 2 heterocycles. The van der Waals surface area contributed by atoms with Crippen LogP contribution >= 0.6 is 0 Å². The normalized spacial score (nSPS) is 17.3. The molecule has 0 aliphatic carbocycles. The van der Waals surface area contributed by atoms with Crippen LogP contribution in [0.5, 0.6) is 0 Å². The van der Waals surface area contributed by atoms with E-state index in [1.807, 2.05) is 6.92 Å². The van der Waals surface area contributed by atoms with Gasteiger partial charge in [-0.1, -0.05) is 6.92 Å². The minimum absolute atomic E-state index is 0.190. The van der Waals surface area contributed by atoms with Crippen molar-refractivity contribution in [1.82, 2.24) is 15.1 Å². The van der Waals surface area contributed by atoms with Crippen LogP contribution in [-0.2, 0) is 23.5 Å². The lowest BCUT2D eigenvalue weighted by molar-refractivity contribution is 0.365. The van der Waals surface area contributed by atoms with Crippen LogP contribution in [0.25, 0.3) is 0 Å². The van der Waals surface area contributed by atoms with Gasteiger partial charge in [-0.3, -0.25) is 9.40 Å². The highest BCUT2D eigenvalue weighted by Gasteiger charge is 2.19. The number of aromatic nitrogens is 2. The molecule has 0 aromatic carbocycles. The van der Waals surface area contributed by atoms with Gasteiger partial charge in [0.2, 0.25) is 10.0 Å². The van der Waals surface area contributed by atoms with Crippen molar-refractivity contribution < 1.29 is 8.42 Å². The molecule has 114 valence electrons. The van der Waals surface area contributed by atoms with Gasteiger partial charge in [0.1, 0.15) is 0 Å². The molecule has 0 spiro atoms. The Morgan fingerprint density at radius 2 is 2.15 bits per heavy atom. The molecule has 20 heavy (non-hydrogen) atoms. The molecule has 1 aliphatic rings. The Balaban J connectivity index is 1.92. The van der Waals surface area contributed by atoms with Crippen LogP contribution < -0.4 is 10.0 Å². The smallest absolute Gasteiger partial charge is 0.232 e. The topological polar surface area (TPSA) is 76.0 Å². The van der Waals surface area contributed by atoms with Crippen molar-refractivity contribution >= 4 is 15.7 Å². The Labute approximate surface area is 121 Å². The van der Waals surface area contributed by atoms with E-state index in [0.29, 0.717) is 18.0 Å². The van der Waals surface area contributed by atoms with Crippen molar-refractivity contribution in [1.29, 1.82) is 0 Å². The van der Waals surface area contributed by atoms with Gasteiger partial charge in [-0.15, -0.1) is 0 Å². The fraction of sp³-hybridized carbons (Fsp3) is 0.769. The highest BCUT2D eigenvalue weighted by Crippen LogP contribution is 2.19. The zero-order valence-electron chi connectivity index (χ0n) is 12.2. The van der Waals surface area contributed by atoms with E-state index in [1.54, 1.807) is 17.9 Å². The van der Waals surface area contributed by atoms with Gasteiger partial charge in [-0.2, -0.15) is 5.10 Å². The highest BCUT2D eigenvalue weighted by atomic mass is 32.2. The van der Waals surface area contributed by atoms with Crippen LogP contribution in [0.15, 0.2) is 6.20 Å². The lowest BCUT2D eigenvalue weighted by Crippen LogP contribution is -2.29. The third-order valence-electron chi connectivity index (χ3n) is 3.76. The summed E-state index contributed by atoms with van der Waals surface area (Å²) in [6, 6.07) is 0. The number of nitrogens with one attached hydrogen (secondary N) is 2. The number of sulfonamides is 1. The fourth-order valence-corrected chi connectivity index (χ4v) is 3.84. The zero-order valence-corrected chi connectivity index (χ0v) is 13.0. The van der Waals surface area contributed by atoms with Crippen LogP contribution in [0, 0.1) is 5.92 Å². The van der Waals surface area contributed by atoms with Gasteiger partial charge in [0.15, 0.2) is 0 Å². The van der Waals surface area contributed by atoms with Crippen molar-refractivity contribution in [2.24, 2.45) is 13.0 Å². The predicted octanol–water partition coefficient (Wildman–Crippen LogP) is 1.11. The summed E-state index contributed by atoms with van der Waals surface area (Å²) >= 11 is 0. The molecule has 0 bridgehead atoms. The van der Waals surface area contributed by atoms with Crippen LogP contribution in [-0.4, -0.2) is 37.0 Å². The number of piperidine rings is 1. The van der Waals surface area contributed by atoms with E-state index in [4.69, 9.17) is 0 Å². The number of hydrogen-bond donors (Lipinski definition) is 2. The first-order chi connectivity index (χ1) is 9.50. The summed E-state index contributed by atoms with van der Waals surface area (Å²) in [5.41, 5.74) is 1.40. The average Bonchev–Trinajstić information content (AvgIpc) is 2.77.